The molecule has 1 rings (SSSR count). The molecule has 0 radical (unpaired) electrons. The van der Waals surface area contributed by atoms with E-state index in [0.29, 0.717) is 0 Å². The average Bonchev–Trinajstić information content (AvgIpc) is 2.37. The van der Waals surface area contributed by atoms with Crippen molar-refractivity contribution in [2.24, 2.45) is 0 Å². The summed E-state index contributed by atoms with van der Waals surface area (Å²) in [7, 11) is 0. The van der Waals surface area contributed by atoms with Crippen LogP contribution in [0.15, 0.2) is 16.3 Å². The number of thiophene rings is 1. The van der Waals surface area contributed by atoms with Crippen molar-refractivity contribution in [2.75, 3.05) is 5.75 Å². The van der Waals surface area contributed by atoms with Gasteiger partial charge in [0.1, 0.15) is 0 Å². The summed E-state index contributed by atoms with van der Waals surface area (Å²) in [6, 6.07) is 4.05. The van der Waals surface area contributed by atoms with Gasteiger partial charge < -0.3 is 0 Å². The Morgan fingerprint density at radius 2 is 2.36 bits per heavy atom. The summed E-state index contributed by atoms with van der Waals surface area (Å²) < 4.78 is 2.23. The van der Waals surface area contributed by atoms with Gasteiger partial charge in [-0.25, -0.2) is 0 Å². The molecule has 1 aromatic rings. The zero-order chi connectivity index (χ0) is 8.10. The first kappa shape index (κ1) is 9.43. The first-order valence-electron chi connectivity index (χ1n) is 3.71. The Morgan fingerprint density at radius 3 is 2.91 bits per heavy atom. The molecule has 0 N–H and O–H groups in total. The highest BCUT2D eigenvalue weighted by molar-refractivity contribution is 8.01. The molecular weight excluding hydrogens is 196 g/mol. The molecule has 0 bridgehead atoms. The zero-order valence-corrected chi connectivity index (χ0v) is 8.86. The Hall–Kier alpha value is 0.340. The van der Waals surface area contributed by atoms with Gasteiger partial charge in [-0.05, 0) is 24.3 Å². The molecule has 0 saturated heterocycles. The summed E-state index contributed by atoms with van der Waals surface area (Å²) in [5.41, 5.74) is 0. The van der Waals surface area contributed by atoms with Crippen molar-refractivity contribution in [1.29, 1.82) is 0 Å². The highest BCUT2D eigenvalue weighted by atomic mass is 35.5. The Labute approximate surface area is 81.0 Å². The van der Waals surface area contributed by atoms with Crippen LogP contribution in [0, 0.1) is 0 Å². The first-order chi connectivity index (χ1) is 5.33. The molecule has 0 amide bonds. The summed E-state index contributed by atoms with van der Waals surface area (Å²) in [6.07, 6.45) is 2.56. The van der Waals surface area contributed by atoms with Crippen molar-refractivity contribution in [3.05, 3.63) is 16.5 Å². The van der Waals surface area contributed by atoms with Crippen molar-refractivity contribution in [3.8, 4) is 0 Å². The molecule has 0 fully saturated rings. The third-order valence-electron chi connectivity index (χ3n) is 1.29. The molecule has 0 aliphatic rings. The maximum atomic E-state index is 5.78. The zero-order valence-electron chi connectivity index (χ0n) is 6.47. The van der Waals surface area contributed by atoms with Crippen LogP contribution in [-0.4, -0.2) is 5.75 Å². The minimum atomic E-state index is 0.893. The molecule has 62 valence electrons. The van der Waals surface area contributed by atoms with Crippen LogP contribution in [0.5, 0.6) is 0 Å². The first-order valence-corrected chi connectivity index (χ1v) is 5.89. The Kier molecular flexibility index (Phi) is 4.34. The lowest BCUT2D eigenvalue weighted by atomic mass is 10.4. The molecular formula is C8H11ClS2. The molecule has 11 heavy (non-hydrogen) atoms. The molecule has 0 aliphatic heterocycles. The largest absolute Gasteiger partial charge is 0.117 e. The van der Waals surface area contributed by atoms with Crippen LogP contribution < -0.4 is 0 Å². The molecule has 3 heteroatoms. The summed E-state index contributed by atoms with van der Waals surface area (Å²) in [5.74, 6) is 1.22. The van der Waals surface area contributed by atoms with E-state index < -0.39 is 0 Å². The van der Waals surface area contributed by atoms with E-state index >= 15 is 0 Å². The van der Waals surface area contributed by atoms with Crippen molar-refractivity contribution in [1.82, 2.24) is 0 Å². The number of rotatable bonds is 4. The Morgan fingerprint density at radius 1 is 1.55 bits per heavy atom. The van der Waals surface area contributed by atoms with Crippen LogP contribution in [0.4, 0.5) is 0 Å². The minimum Gasteiger partial charge on any atom is -0.117 e. The van der Waals surface area contributed by atoms with Crippen molar-refractivity contribution >= 4 is 34.7 Å². The second kappa shape index (κ2) is 5.07. The number of hydrogen-bond donors (Lipinski definition) is 0. The van der Waals surface area contributed by atoms with Crippen LogP contribution >= 0.6 is 34.7 Å². The van der Waals surface area contributed by atoms with Gasteiger partial charge in [0, 0.05) is 0 Å². The third kappa shape index (κ3) is 3.50. The fourth-order valence-electron chi connectivity index (χ4n) is 0.692. The average molecular weight is 207 g/mol. The normalized spacial score (nSPS) is 10.4. The molecule has 0 spiro atoms. The van der Waals surface area contributed by atoms with Gasteiger partial charge in [-0.1, -0.05) is 24.9 Å². The summed E-state index contributed by atoms with van der Waals surface area (Å²) in [4.78, 5) is 0. The SMILES string of the molecule is CCCCSc1ccc(Cl)s1. The Bertz CT molecular complexity index is 208. The third-order valence-corrected chi connectivity index (χ3v) is 3.83. The molecule has 0 aromatic carbocycles. The monoisotopic (exact) mass is 206 g/mol. The second-order valence-corrected chi connectivity index (χ2v) is 5.37. The molecule has 0 atom stereocenters. The molecule has 1 aromatic heterocycles. The van der Waals surface area contributed by atoms with E-state index in [9.17, 15) is 0 Å². The van der Waals surface area contributed by atoms with Crippen molar-refractivity contribution in [2.45, 2.75) is 24.0 Å². The Balaban J connectivity index is 2.27. The maximum Gasteiger partial charge on any atom is 0.0940 e. The predicted molar refractivity (Wildman–Crippen MR) is 55.0 cm³/mol. The lowest BCUT2D eigenvalue weighted by Gasteiger charge is -1.93. The van der Waals surface area contributed by atoms with Crippen molar-refractivity contribution < 1.29 is 0 Å². The highest BCUT2D eigenvalue weighted by Gasteiger charge is 1.96. The van der Waals surface area contributed by atoms with E-state index in [4.69, 9.17) is 11.6 Å². The molecule has 0 saturated carbocycles. The van der Waals surface area contributed by atoms with Gasteiger partial charge in [-0.15, -0.1) is 23.1 Å². The second-order valence-electron chi connectivity index (χ2n) is 2.26. The van der Waals surface area contributed by atoms with Crippen LogP contribution in [0.3, 0.4) is 0 Å². The minimum absolute atomic E-state index is 0.893. The molecule has 1 heterocycles. The van der Waals surface area contributed by atoms with Crippen molar-refractivity contribution in [3.63, 3.8) is 0 Å². The standard InChI is InChI=1S/C8H11ClS2/c1-2-3-6-10-8-5-4-7(9)11-8/h4-5H,2-3,6H2,1H3. The highest BCUT2D eigenvalue weighted by Crippen LogP contribution is 2.30. The van der Waals surface area contributed by atoms with Gasteiger partial charge in [0.15, 0.2) is 0 Å². The van der Waals surface area contributed by atoms with E-state index in [-0.39, 0.29) is 0 Å². The van der Waals surface area contributed by atoms with Gasteiger partial charge in [0.2, 0.25) is 0 Å². The summed E-state index contributed by atoms with van der Waals surface area (Å²) >= 11 is 9.34. The lowest BCUT2D eigenvalue weighted by molar-refractivity contribution is 0.896. The summed E-state index contributed by atoms with van der Waals surface area (Å²) in [5, 5.41) is 0. The number of halogens is 1. The van der Waals surface area contributed by atoms with Crippen LogP contribution in [-0.2, 0) is 0 Å². The topological polar surface area (TPSA) is 0 Å². The number of thioether (sulfide) groups is 1. The predicted octanol–water partition coefficient (Wildman–Crippen LogP) is 4.29. The number of unbranched alkanes of at least 4 members (excludes halogenated alkanes) is 1. The van der Waals surface area contributed by atoms with Crippen LogP contribution in [0.1, 0.15) is 19.8 Å². The van der Waals surface area contributed by atoms with Gasteiger partial charge >= 0.3 is 0 Å². The fraction of sp³-hybridized carbons (Fsp3) is 0.500. The van der Waals surface area contributed by atoms with E-state index in [1.54, 1.807) is 11.3 Å². The van der Waals surface area contributed by atoms with Crippen LogP contribution in [0.25, 0.3) is 0 Å². The summed E-state index contributed by atoms with van der Waals surface area (Å²) in [6.45, 7) is 2.21. The van der Waals surface area contributed by atoms with Crippen LogP contribution in [0.2, 0.25) is 4.34 Å². The van der Waals surface area contributed by atoms with E-state index in [0.717, 1.165) is 4.34 Å². The van der Waals surface area contributed by atoms with E-state index in [1.165, 1.54) is 22.8 Å². The molecule has 0 nitrogen and oxygen atoms in total. The van der Waals surface area contributed by atoms with Gasteiger partial charge in [0.25, 0.3) is 0 Å². The maximum absolute atomic E-state index is 5.78. The van der Waals surface area contributed by atoms with Gasteiger partial charge in [-0.2, -0.15) is 0 Å². The number of hydrogen-bond acceptors (Lipinski definition) is 2. The molecule has 0 aliphatic carbocycles. The fourth-order valence-corrected chi connectivity index (χ4v) is 3.16. The van der Waals surface area contributed by atoms with Gasteiger partial charge in [0.05, 0.1) is 8.55 Å². The van der Waals surface area contributed by atoms with E-state index in [2.05, 4.69) is 13.0 Å². The molecule has 0 unspecified atom stereocenters. The smallest absolute Gasteiger partial charge is 0.0940 e. The van der Waals surface area contributed by atoms with Gasteiger partial charge in [-0.3, -0.25) is 0 Å². The quantitative estimate of drug-likeness (QED) is 0.523. The lowest BCUT2D eigenvalue weighted by Crippen LogP contribution is -1.73. The van der Waals surface area contributed by atoms with E-state index in [1.807, 2.05) is 17.8 Å².